The highest BCUT2D eigenvalue weighted by molar-refractivity contribution is 5.77. The van der Waals surface area contributed by atoms with Gasteiger partial charge in [0.15, 0.2) is 11.6 Å². The van der Waals surface area contributed by atoms with Gasteiger partial charge in [-0.2, -0.15) is 0 Å². The number of hydrogen-bond donors (Lipinski definition) is 0. The molecule has 2 amide bonds. The van der Waals surface area contributed by atoms with Crippen LogP contribution in [-0.2, 0) is 9.59 Å². The molecule has 39 heavy (non-hydrogen) atoms. The summed E-state index contributed by atoms with van der Waals surface area (Å²) in [4.78, 5) is 31.7. The molecule has 2 aromatic rings. The highest BCUT2D eigenvalue weighted by Crippen LogP contribution is 2.37. The van der Waals surface area contributed by atoms with Gasteiger partial charge in [0.05, 0.1) is 12.6 Å². The Hall–Kier alpha value is -2.93. The molecule has 212 valence electrons. The molecule has 2 atom stereocenters. The number of carbonyl (C=O) groups is 2. The molecule has 4 rings (SSSR count). The normalized spacial score (nSPS) is 20.1. The lowest BCUT2D eigenvalue weighted by atomic mass is 9.82. The molecule has 0 bridgehead atoms. The molecule has 2 heterocycles. The minimum atomic E-state index is -0.354. The van der Waals surface area contributed by atoms with E-state index in [9.17, 15) is 14.0 Å². The van der Waals surface area contributed by atoms with Crippen LogP contribution in [0, 0.1) is 17.2 Å². The number of amides is 2. The van der Waals surface area contributed by atoms with Gasteiger partial charge in [-0.05, 0) is 54.4 Å². The second kappa shape index (κ2) is 12.5. The van der Waals surface area contributed by atoms with Crippen molar-refractivity contribution in [2.45, 2.75) is 66.0 Å². The minimum absolute atomic E-state index is 0.0230. The standard InChI is InChI=1S/C32H44FN3O3/c1-6-39-28-13-12-26(21-27(28)33)31(25-10-8-7-9-11-25)35-18-19-36(29(22-35)32(3,4)5)30(38)20-24-14-16-34(17-15-24)23(2)37/h7-13,21,24,29,31H,6,14-20,22H2,1-5H3/t29-,31?/m1/s1. The second-order valence-electron chi connectivity index (χ2n) is 12.1. The molecule has 0 aromatic heterocycles. The molecule has 2 fully saturated rings. The molecule has 0 aliphatic carbocycles. The maximum absolute atomic E-state index is 15.0. The Balaban J connectivity index is 1.55. The number of piperazine rings is 1. The molecule has 2 aliphatic rings. The highest BCUT2D eigenvalue weighted by atomic mass is 19.1. The highest BCUT2D eigenvalue weighted by Gasteiger charge is 2.41. The van der Waals surface area contributed by atoms with Gasteiger partial charge in [0.1, 0.15) is 0 Å². The number of piperidine rings is 1. The van der Waals surface area contributed by atoms with E-state index in [2.05, 4.69) is 42.7 Å². The molecule has 2 aliphatic heterocycles. The van der Waals surface area contributed by atoms with Crippen molar-refractivity contribution in [2.24, 2.45) is 11.3 Å². The number of nitrogens with zero attached hydrogens (tertiary/aromatic N) is 3. The largest absolute Gasteiger partial charge is 0.491 e. The quantitative estimate of drug-likeness (QED) is 0.467. The first-order chi connectivity index (χ1) is 18.6. The molecule has 7 heteroatoms. The van der Waals surface area contributed by atoms with Crippen molar-refractivity contribution in [1.29, 1.82) is 0 Å². The lowest BCUT2D eigenvalue weighted by Crippen LogP contribution is -2.60. The molecular formula is C32H44FN3O3. The van der Waals surface area contributed by atoms with E-state index >= 15 is 0 Å². The first-order valence-corrected chi connectivity index (χ1v) is 14.3. The summed E-state index contributed by atoms with van der Waals surface area (Å²) in [5.74, 6) is 0.552. The number of hydrogen-bond acceptors (Lipinski definition) is 4. The van der Waals surface area contributed by atoms with Crippen molar-refractivity contribution < 1.29 is 18.7 Å². The van der Waals surface area contributed by atoms with E-state index in [-0.39, 0.29) is 40.9 Å². The van der Waals surface area contributed by atoms with Crippen LogP contribution in [0.2, 0.25) is 0 Å². The van der Waals surface area contributed by atoms with Crippen LogP contribution >= 0.6 is 0 Å². The van der Waals surface area contributed by atoms with E-state index in [0.717, 1.165) is 37.1 Å². The number of benzene rings is 2. The summed E-state index contributed by atoms with van der Waals surface area (Å²) in [6.45, 7) is 14.0. The van der Waals surface area contributed by atoms with Gasteiger partial charge in [0, 0.05) is 52.1 Å². The Bertz CT molecular complexity index is 1130. The smallest absolute Gasteiger partial charge is 0.223 e. The summed E-state index contributed by atoms with van der Waals surface area (Å²) in [5, 5.41) is 0. The average Bonchev–Trinajstić information content (AvgIpc) is 2.91. The molecule has 0 spiro atoms. The topological polar surface area (TPSA) is 53.1 Å². The zero-order valence-corrected chi connectivity index (χ0v) is 24.2. The zero-order valence-electron chi connectivity index (χ0n) is 24.2. The lowest BCUT2D eigenvalue weighted by molar-refractivity contribution is -0.141. The molecule has 0 saturated carbocycles. The van der Waals surface area contributed by atoms with Crippen molar-refractivity contribution >= 4 is 11.8 Å². The first kappa shape index (κ1) is 29.1. The van der Waals surface area contributed by atoms with Crippen LogP contribution in [0.1, 0.15) is 71.0 Å². The first-order valence-electron chi connectivity index (χ1n) is 14.3. The monoisotopic (exact) mass is 537 g/mol. The summed E-state index contributed by atoms with van der Waals surface area (Å²) in [6, 6.07) is 15.4. The molecule has 2 aromatic carbocycles. The van der Waals surface area contributed by atoms with Gasteiger partial charge in [0.25, 0.3) is 0 Å². The maximum Gasteiger partial charge on any atom is 0.223 e. The summed E-state index contributed by atoms with van der Waals surface area (Å²) in [6.07, 6.45) is 2.29. The number of ether oxygens (including phenoxy) is 1. The number of carbonyl (C=O) groups excluding carboxylic acids is 2. The molecule has 2 saturated heterocycles. The van der Waals surface area contributed by atoms with Crippen LogP contribution in [-0.4, -0.2) is 71.9 Å². The maximum atomic E-state index is 15.0. The van der Waals surface area contributed by atoms with Gasteiger partial charge in [-0.3, -0.25) is 14.5 Å². The number of rotatable bonds is 7. The molecule has 6 nitrogen and oxygen atoms in total. The van der Waals surface area contributed by atoms with E-state index in [0.29, 0.717) is 38.6 Å². The average molecular weight is 538 g/mol. The zero-order chi connectivity index (χ0) is 28.2. The van der Waals surface area contributed by atoms with Gasteiger partial charge in [-0.1, -0.05) is 57.2 Å². The van der Waals surface area contributed by atoms with Crippen LogP contribution in [0.3, 0.4) is 0 Å². The predicted octanol–water partition coefficient (Wildman–Crippen LogP) is 5.52. The summed E-state index contributed by atoms with van der Waals surface area (Å²) >= 11 is 0. The third-order valence-electron chi connectivity index (χ3n) is 8.31. The van der Waals surface area contributed by atoms with Gasteiger partial charge in [0.2, 0.25) is 11.8 Å². The van der Waals surface area contributed by atoms with Crippen LogP contribution in [0.4, 0.5) is 4.39 Å². The van der Waals surface area contributed by atoms with Crippen LogP contribution in [0.5, 0.6) is 5.75 Å². The fourth-order valence-corrected chi connectivity index (χ4v) is 6.10. The number of likely N-dealkylation sites (tertiary alicyclic amines) is 1. The fourth-order valence-electron chi connectivity index (χ4n) is 6.10. The summed E-state index contributed by atoms with van der Waals surface area (Å²) < 4.78 is 20.4. The van der Waals surface area contributed by atoms with E-state index < -0.39 is 0 Å². The van der Waals surface area contributed by atoms with Crippen molar-refractivity contribution in [3.05, 3.63) is 65.5 Å². The van der Waals surface area contributed by atoms with E-state index in [4.69, 9.17) is 4.74 Å². The Morgan fingerprint density at radius 1 is 1.00 bits per heavy atom. The third kappa shape index (κ3) is 6.99. The van der Waals surface area contributed by atoms with E-state index in [1.807, 2.05) is 36.1 Å². The fraction of sp³-hybridized carbons (Fsp3) is 0.562. The lowest BCUT2D eigenvalue weighted by Gasteiger charge is -2.50. The van der Waals surface area contributed by atoms with Gasteiger partial charge < -0.3 is 14.5 Å². The number of halogens is 1. The van der Waals surface area contributed by atoms with Crippen molar-refractivity contribution in [3.63, 3.8) is 0 Å². The molecule has 1 unspecified atom stereocenters. The third-order valence-corrected chi connectivity index (χ3v) is 8.31. The second-order valence-corrected chi connectivity index (χ2v) is 12.1. The predicted molar refractivity (Wildman–Crippen MR) is 152 cm³/mol. The van der Waals surface area contributed by atoms with Crippen LogP contribution in [0.25, 0.3) is 0 Å². The van der Waals surface area contributed by atoms with Crippen molar-refractivity contribution in [1.82, 2.24) is 14.7 Å². The Morgan fingerprint density at radius 2 is 1.69 bits per heavy atom. The Morgan fingerprint density at radius 3 is 2.28 bits per heavy atom. The minimum Gasteiger partial charge on any atom is -0.491 e. The SMILES string of the molecule is CCOc1ccc(C(c2ccccc2)N2CCN(C(=O)CC3CCN(C(C)=O)CC3)[C@@H](C(C)(C)C)C2)cc1F. The Labute approximate surface area is 233 Å². The van der Waals surface area contributed by atoms with Crippen molar-refractivity contribution in [2.75, 3.05) is 39.3 Å². The van der Waals surface area contributed by atoms with Crippen LogP contribution < -0.4 is 4.74 Å². The molecule has 0 N–H and O–H groups in total. The van der Waals surface area contributed by atoms with Crippen molar-refractivity contribution in [3.8, 4) is 5.75 Å². The summed E-state index contributed by atoms with van der Waals surface area (Å²) in [7, 11) is 0. The molecular weight excluding hydrogens is 493 g/mol. The Kier molecular flexibility index (Phi) is 9.31. The van der Waals surface area contributed by atoms with Gasteiger partial charge >= 0.3 is 0 Å². The van der Waals surface area contributed by atoms with Gasteiger partial charge in [-0.25, -0.2) is 4.39 Å². The van der Waals surface area contributed by atoms with E-state index in [1.165, 1.54) is 0 Å². The summed E-state index contributed by atoms with van der Waals surface area (Å²) in [5.41, 5.74) is 1.86. The molecule has 0 radical (unpaired) electrons. The van der Waals surface area contributed by atoms with E-state index in [1.54, 1.807) is 19.1 Å². The van der Waals surface area contributed by atoms with Crippen LogP contribution in [0.15, 0.2) is 48.5 Å². The van der Waals surface area contributed by atoms with Gasteiger partial charge in [-0.15, -0.1) is 0 Å².